The number of ether oxygens (including phenoxy) is 1. The third-order valence-corrected chi connectivity index (χ3v) is 4.22. The zero-order valence-corrected chi connectivity index (χ0v) is 14.2. The van der Waals surface area contributed by atoms with Crippen LogP contribution in [0.15, 0.2) is 0 Å². The maximum Gasteiger partial charge on any atom is 0.225 e. The van der Waals surface area contributed by atoms with Crippen LogP contribution < -0.4 is 10.6 Å². The van der Waals surface area contributed by atoms with E-state index in [-0.39, 0.29) is 23.7 Å². The van der Waals surface area contributed by atoms with Gasteiger partial charge in [0.05, 0.1) is 12.5 Å². The molecule has 1 rings (SSSR count). The normalized spacial score (nSPS) is 19.8. The van der Waals surface area contributed by atoms with Gasteiger partial charge in [-0.3, -0.25) is 9.59 Å². The Morgan fingerprint density at radius 3 is 2.77 bits per heavy atom. The summed E-state index contributed by atoms with van der Waals surface area (Å²) < 4.78 is 4.94. The Morgan fingerprint density at radius 1 is 1.32 bits per heavy atom. The first-order valence-corrected chi connectivity index (χ1v) is 8.36. The van der Waals surface area contributed by atoms with Crippen molar-refractivity contribution in [3.63, 3.8) is 0 Å². The molecule has 6 nitrogen and oxygen atoms in total. The van der Waals surface area contributed by atoms with E-state index in [2.05, 4.69) is 10.6 Å². The monoisotopic (exact) mass is 313 g/mol. The Labute approximate surface area is 134 Å². The average Bonchev–Trinajstić information content (AvgIpc) is 2.56. The molecule has 0 saturated carbocycles. The fourth-order valence-corrected chi connectivity index (χ4v) is 2.60. The Bertz CT molecular complexity index is 350. The van der Waals surface area contributed by atoms with Gasteiger partial charge in [-0.25, -0.2) is 0 Å². The second-order valence-electron chi connectivity index (χ2n) is 5.97. The summed E-state index contributed by atoms with van der Waals surface area (Å²) in [5, 5.41) is 6.14. The number of carbonyl (C=O) groups excluding carboxylic acids is 2. The molecule has 1 aliphatic rings. The van der Waals surface area contributed by atoms with Crippen molar-refractivity contribution in [2.45, 2.75) is 33.1 Å². The van der Waals surface area contributed by atoms with Gasteiger partial charge in [0.1, 0.15) is 0 Å². The Balaban J connectivity index is 2.29. The van der Waals surface area contributed by atoms with Gasteiger partial charge in [0, 0.05) is 45.8 Å². The summed E-state index contributed by atoms with van der Waals surface area (Å²) in [6, 6.07) is 0. The zero-order chi connectivity index (χ0) is 16.4. The van der Waals surface area contributed by atoms with Crippen LogP contribution in [-0.4, -0.2) is 63.2 Å². The lowest BCUT2D eigenvalue weighted by Gasteiger charge is -2.33. The van der Waals surface area contributed by atoms with Crippen LogP contribution >= 0.6 is 0 Å². The predicted octanol–water partition coefficient (Wildman–Crippen LogP) is 0.623. The van der Waals surface area contributed by atoms with Gasteiger partial charge in [-0.2, -0.15) is 0 Å². The highest BCUT2D eigenvalue weighted by molar-refractivity contribution is 5.82. The van der Waals surface area contributed by atoms with E-state index in [1.165, 1.54) is 0 Å². The number of amides is 2. The van der Waals surface area contributed by atoms with Crippen LogP contribution in [0.2, 0.25) is 0 Å². The molecule has 1 saturated heterocycles. The summed E-state index contributed by atoms with van der Waals surface area (Å²) in [6.45, 7) is 8.12. The van der Waals surface area contributed by atoms with E-state index in [9.17, 15) is 9.59 Å². The van der Waals surface area contributed by atoms with Gasteiger partial charge in [-0.05, 0) is 19.3 Å². The van der Waals surface area contributed by atoms with E-state index in [1.54, 1.807) is 7.11 Å². The van der Waals surface area contributed by atoms with Crippen LogP contribution in [0.4, 0.5) is 0 Å². The minimum absolute atomic E-state index is 0.0480. The Kier molecular flexibility index (Phi) is 9.08. The number of piperidine rings is 1. The topological polar surface area (TPSA) is 70.7 Å². The molecule has 6 heteroatoms. The molecule has 22 heavy (non-hydrogen) atoms. The standard InChI is InChI=1S/C16H31N3O3/c1-4-13(2)16(21)19-10-5-6-14(12-19)15(20)18-8-7-17-9-11-22-3/h13-14,17H,4-12H2,1-3H3,(H,18,20). The van der Waals surface area contributed by atoms with E-state index < -0.39 is 0 Å². The first-order valence-electron chi connectivity index (χ1n) is 8.36. The molecular formula is C16H31N3O3. The van der Waals surface area contributed by atoms with E-state index in [0.717, 1.165) is 38.9 Å². The number of methoxy groups -OCH3 is 1. The van der Waals surface area contributed by atoms with Crippen LogP contribution in [0.25, 0.3) is 0 Å². The largest absolute Gasteiger partial charge is 0.383 e. The number of rotatable bonds is 9. The van der Waals surface area contributed by atoms with Gasteiger partial charge in [-0.15, -0.1) is 0 Å². The number of hydrogen-bond acceptors (Lipinski definition) is 4. The van der Waals surface area contributed by atoms with Gasteiger partial charge in [0.25, 0.3) is 0 Å². The van der Waals surface area contributed by atoms with Crippen molar-refractivity contribution in [1.29, 1.82) is 0 Å². The minimum atomic E-state index is -0.0688. The third-order valence-electron chi connectivity index (χ3n) is 4.22. The van der Waals surface area contributed by atoms with Crippen molar-refractivity contribution in [3.05, 3.63) is 0 Å². The molecule has 1 fully saturated rings. The lowest BCUT2D eigenvalue weighted by Crippen LogP contribution is -2.47. The van der Waals surface area contributed by atoms with Gasteiger partial charge in [-0.1, -0.05) is 13.8 Å². The van der Waals surface area contributed by atoms with Gasteiger partial charge in [0.2, 0.25) is 11.8 Å². The van der Waals surface area contributed by atoms with E-state index >= 15 is 0 Å². The molecule has 0 radical (unpaired) electrons. The maximum atomic E-state index is 12.2. The SMILES string of the molecule is CCC(C)C(=O)N1CCCC(C(=O)NCCNCCOC)C1. The van der Waals surface area contributed by atoms with Crippen LogP contribution in [0.1, 0.15) is 33.1 Å². The minimum Gasteiger partial charge on any atom is -0.383 e. The summed E-state index contributed by atoms with van der Waals surface area (Å²) >= 11 is 0. The van der Waals surface area contributed by atoms with Crippen LogP contribution in [0, 0.1) is 11.8 Å². The Morgan fingerprint density at radius 2 is 2.09 bits per heavy atom. The van der Waals surface area contributed by atoms with Crippen LogP contribution in [-0.2, 0) is 14.3 Å². The predicted molar refractivity (Wildman–Crippen MR) is 86.5 cm³/mol. The van der Waals surface area contributed by atoms with E-state index in [4.69, 9.17) is 4.74 Å². The molecule has 0 aromatic heterocycles. The third kappa shape index (κ3) is 6.32. The molecule has 0 spiro atoms. The molecule has 0 bridgehead atoms. The fourth-order valence-electron chi connectivity index (χ4n) is 2.60. The molecule has 2 atom stereocenters. The number of nitrogens with one attached hydrogen (secondary N) is 2. The molecular weight excluding hydrogens is 282 g/mol. The summed E-state index contributed by atoms with van der Waals surface area (Å²) in [5.74, 6) is 0.226. The second-order valence-corrected chi connectivity index (χ2v) is 5.97. The van der Waals surface area contributed by atoms with Crippen molar-refractivity contribution < 1.29 is 14.3 Å². The average molecular weight is 313 g/mol. The zero-order valence-electron chi connectivity index (χ0n) is 14.2. The number of nitrogens with zero attached hydrogens (tertiary/aromatic N) is 1. The molecule has 0 aliphatic carbocycles. The molecule has 2 unspecified atom stereocenters. The van der Waals surface area contributed by atoms with E-state index in [0.29, 0.717) is 19.7 Å². The van der Waals surface area contributed by atoms with Gasteiger partial charge >= 0.3 is 0 Å². The molecule has 1 aliphatic heterocycles. The summed E-state index contributed by atoms with van der Waals surface area (Å²) in [4.78, 5) is 26.3. The molecule has 128 valence electrons. The van der Waals surface area contributed by atoms with Gasteiger partial charge < -0.3 is 20.3 Å². The molecule has 0 aromatic carbocycles. The molecule has 0 aromatic rings. The molecule has 2 amide bonds. The smallest absolute Gasteiger partial charge is 0.225 e. The lowest BCUT2D eigenvalue weighted by molar-refractivity contribution is -0.138. The number of hydrogen-bond donors (Lipinski definition) is 2. The van der Waals surface area contributed by atoms with Crippen molar-refractivity contribution in [1.82, 2.24) is 15.5 Å². The summed E-state index contributed by atoms with van der Waals surface area (Å²) in [7, 11) is 1.67. The lowest BCUT2D eigenvalue weighted by atomic mass is 9.95. The number of likely N-dealkylation sites (tertiary alicyclic amines) is 1. The highest BCUT2D eigenvalue weighted by Gasteiger charge is 2.29. The summed E-state index contributed by atoms with van der Waals surface area (Å²) in [5.41, 5.74) is 0. The van der Waals surface area contributed by atoms with Crippen molar-refractivity contribution in [2.24, 2.45) is 11.8 Å². The van der Waals surface area contributed by atoms with Crippen molar-refractivity contribution in [3.8, 4) is 0 Å². The molecule has 2 N–H and O–H groups in total. The Hall–Kier alpha value is -1.14. The van der Waals surface area contributed by atoms with E-state index in [1.807, 2.05) is 18.7 Å². The van der Waals surface area contributed by atoms with Crippen LogP contribution in [0.3, 0.4) is 0 Å². The fraction of sp³-hybridized carbons (Fsp3) is 0.875. The first kappa shape index (κ1) is 18.9. The van der Waals surface area contributed by atoms with Gasteiger partial charge in [0.15, 0.2) is 0 Å². The van der Waals surface area contributed by atoms with Crippen LogP contribution in [0.5, 0.6) is 0 Å². The number of carbonyl (C=O) groups is 2. The first-order chi connectivity index (χ1) is 10.6. The highest BCUT2D eigenvalue weighted by atomic mass is 16.5. The molecule has 1 heterocycles. The highest BCUT2D eigenvalue weighted by Crippen LogP contribution is 2.19. The quantitative estimate of drug-likeness (QED) is 0.612. The van der Waals surface area contributed by atoms with Crippen molar-refractivity contribution >= 4 is 11.8 Å². The van der Waals surface area contributed by atoms with Crippen molar-refractivity contribution in [2.75, 3.05) is 46.4 Å². The second kappa shape index (κ2) is 10.6. The summed E-state index contributed by atoms with van der Waals surface area (Å²) in [6.07, 6.45) is 2.62. The maximum absolute atomic E-state index is 12.2.